The summed E-state index contributed by atoms with van der Waals surface area (Å²) in [7, 11) is 0. The first-order chi connectivity index (χ1) is 45.8. The lowest BCUT2D eigenvalue weighted by Gasteiger charge is -2.29. The fourth-order valence-corrected chi connectivity index (χ4v) is 9.03. The van der Waals surface area contributed by atoms with Crippen LogP contribution in [0.5, 0.6) is 0 Å². The Bertz CT molecular complexity index is 2820. The second kappa shape index (κ2) is 45.9. The topological polar surface area (TPSA) is 643 Å². The van der Waals surface area contributed by atoms with Gasteiger partial charge in [-0.15, -0.1) is 0 Å². The number of carbonyl (C=O) groups is 16. The molecule has 0 radical (unpaired) electrons. The predicted octanol–water partition coefficient (Wildman–Crippen LogP) is -8.96. The van der Waals surface area contributed by atoms with Crippen LogP contribution in [0.1, 0.15) is 117 Å². The number of benzene rings is 1. The maximum Gasteiger partial charge on any atom is 0.303 e. The first-order valence-corrected chi connectivity index (χ1v) is 31.3. The number of carboxylic acids is 2. The lowest BCUT2D eigenvalue weighted by atomic mass is 9.96. The molecule has 0 aliphatic carbocycles. The number of amides is 13. The highest BCUT2D eigenvalue weighted by molar-refractivity contribution is 5.99. The standard InChI is InChI=1S/C59H96N16O22/c1-5-30(2)47(58(96)69-36(15-9-10-22-60)51(89)66-35(49(63)87)17-20-45(83)84)73-53(91)37(16-19-43(61)81)67-50(88)31(3)12-11-23-64-75-40(24-33-13-7-6-8-14-33)55(93)72-41(28-78)56(94)68-38(18-21-46(85)86)52(90)71-42(29-79)57(95)74-48(32(4)80)59(97)70-39(25-44(62)82)54(92)65-34(26-76)27-77/h6-8,13-14,26,30-32,34-42,47-48,64,75,77-80H,5,9-12,15-25,27-29,60H2,1-4H3,(H2,61,81)(H2,62,82)(H2,63,87)(H,65,92)(H,66,89)(H,67,88)(H,68,94)(H,69,96)(H,70,97)(H,71,90)(H,72,93)(H,73,91)(H,74,95)(H,83,84)(H,85,86)/t30-,31?,32+,34?,35?,36-,37-,38?,39-,40?,41-,42-,47-,48-/m0/s1. The second-order valence-electron chi connectivity index (χ2n) is 22.9. The summed E-state index contributed by atoms with van der Waals surface area (Å²) in [5, 5.41) is 81.9. The number of carbonyl (C=O) groups excluding carboxylic acids is 14. The number of aliphatic carboxylic acids is 2. The van der Waals surface area contributed by atoms with Crippen LogP contribution in [0.2, 0.25) is 0 Å². The maximum absolute atomic E-state index is 14.0. The van der Waals surface area contributed by atoms with E-state index in [1.54, 1.807) is 44.2 Å². The summed E-state index contributed by atoms with van der Waals surface area (Å²) >= 11 is 0. The molecule has 1 rings (SSSR count). The number of nitrogens with one attached hydrogen (secondary N) is 12. The number of unbranched alkanes of at least 4 members (excludes halogenated alkanes) is 1. The van der Waals surface area contributed by atoms with E-state index in [-0.39, 0.29) is 64.3 Å². The Kier molecular flexibility index (Phi) is 40.6. The Balaban J connectivity index is 3.26. The fraction of sp³-hybridized carbons (Fsp3) is 0.627. The Hall–Kier alpha value is -9.34. The van der Waals surface area contributed by atoms with Gasteiger partial charge in [0.15, 0.2) is 0 Å². The smallest absolute Gasteiger partial charge is 0.303 e. The van der Waals surface area contributed by atoms with E-state index in [0.29, 0.717) is 24.8 Å². The zero-order valence-corrected chi connectivity index (χ0v) is 54.5. The molecule has 544 valence electrons. The molecule has 0 saturated carbocycles. The molecule has 5 unspecified atom stereocenters. The number of nitrogens with two attached hydrogens (primary N) is 4. The van der Waals surface area contributed by atoms with Crippen LogP contribution in [0.25, 0.3) is 0 Å². The number of hydrogen-bond donors (Lipinski definition) is 22. The summed E-state index contributed by atoms with van der Waals surface area (Å²) in [6.45, 7) is 3.03. The van der Waals surface area contributed by atoms with Gasteiger partial charge in [0.05, 0.1) is 32.3 Å². The van der Waals surface area contributed by atoms with E-state index < -0.39 is 219 Å². The van der Waals surface area contributed by atoms with Crippen molar-refractivity contribution in [2.24, 2.45) is 34.8 Å². The predicted molar refractivity (Wildman–Crippen MR) is 339 cm³/mol. The molecule has 0 saturated heterocycles. The molecule has 0 aliphatic rings. The van der Waals surface area contributed by atoms with E-state index in [1.807, 2.05) is 10.6 Å². The zero-order chi connectivity index (χ0) is 73.5. The molecule has 97 heavy (non-hydrogen) atoms. The lowest BCUT2D eigenvalue weighted by Crippen LogP contribution is -2.62. The van der Waals surface area contributed by atoms with Crippen LogP contribution in [-0.4, -0.2) is 231 Å². The van der Waals surface area contributed by atoms with Gasteiger partial charge in [-0.05, 0) is 82.7 Å². The Morgan fingerprint density at radius 2 is 0.918 bits per heavy atom. The number of rotatable bonds is 51. The summed E-state index contributed by atoms with van der Waals surface area (Å²) in [5.74, 6) is -17.6. The molecule has 0 aliphatic heterocycles. The highest BCUT2D eigenvalue weighted by atomic mass is 16.4. The maximum atomic E-state index is 14.0. The molecular formula is C59H96N16O22. The van der Waals surface area contributed by atoms with Crippen molar-refractivity contribution >= 4 is 95.0 Å². The van der Waals surface area contributed by atoms with Crippen molar-refractivity contribution in [3.63, 3.8) is 0 Å². The lowest BCUT2D eigenvalue weighted by molar-refractivity contribution is -0.139. The van der Waals surface area contributed by atoms with Gasteiger partial charge in [-0.25, -0.2) is 5.43 Å². The summed E-state index contributed by atoms with van der Waals surface area (Å²) in [6, 6.07) is -9.18. The highest BCUT2D eigenvalue weighted by Gasteiger charge is 2.37. The molecule has 0 spiro atoms. The first-order valence-electron chi connectivity index (χ1n) is 31.3. The molecule has 38 nitrogen and oxygen atoms in total. The van der Waals surface area contributed by atoms with Crippen LogP contribution in [0.3, 0.4) is 0 Å². The van der Waals surface area contributed by atoms with Crippen molar-refractivity contribution in [2.45, 2.75) is 190 Å². The van der Waals surface area contributed by atoms with E-state index in [4.69, 9.17) is 28.0 Å². The number of aliphatic hydroxyl groups excluding tert-OH is 4. The number of primary amides is 3. The average molecular weight is 1380 g/mol. The van der Waals surface area contributed by atoms with Crippen molar-refractivity contribution in [2.75, 3.05) is 32.9 Å². The van der Waals surface area contributed by atoms with Gasteiger partial charge >= 0.3 is 11.9 Å². The van der Waals surface area contributed by atoms with E-state index in [2.05, 4.69) is 53.4 Å². The normalized spacial score (nSPS) is 15.4. The minimum absolute atomic E-state index is 0.0231. The molecule has 1 aromatic rings. The minimum Gasteiger partial charge on any atom is -0.481 e. The Morgan fingerprint density at radius 1 is 0.474 bits per heavy atom. The van der Waals surface area contributed by atoms with Crippen molar-refractivity contribution < 1.29 is 107 Å². The van der Waals surface area contributed by atoms with Gasteiger partial charge in [-0.2, -0.15) is 0 Å². The van der Waals surface area contributed by atoms with E-state index in [9.17, 15) is 102 Å². The van der Waals surface area contributed by atoms with E-state index in [0.717, 1.165) is 6.92 Å². The Labute approximate surface area is 558 Å². The van der Waals surface area contributed by atoms with Crippen LogP contribution < -0.4 is 87.0 Å². The molecule has 0 fully saturated rings. The monoisotopic (exact) mass is 1380 g/mol. The largest absolute Gasteiger partial charge is 0.481 e. The molecule has 1 aromatic carbocycles. The Morgan fingerprint density at radius 3 is 1.41 bits per heavy atom. The van der Waals surface area contributed by atoms with Crippen LogP contribution in [0.15, 0.2) is 30.3 Å². The van der Waals surface area contributed by atoms with Crippen LogP contribution in [-0.2, 0) is 83.1 Å². The van der Waals surface area contributed by atoms with Crippen LogP contribution in [0, 0.1) is 11.8 Å². The van der Waals surface area contributed by atoms with Gasteiger partial charge in [0.2, 0.25) is 76.8 Å². The van der Waals surface area contributed by atoms with Crippen molar-refractivity contribution in [1.29, 1.82) is 0 Å². The number of hydrazine groups is 1. The molecule has 13 amide bonds. The molecule has 0 bridgehead atoms. The molecule has 0 heterocycles. The fourth-order valence-electron chi connectivity index (χ4n) is 9.03. The summed E-state index contributed by atoms with van der Waals surface area (Å²) < 4.78 is 0. The van der Waals surface area contributed by atoms with Gasteiger partial charge in [0, 0.05) is 31.7 Å². The van der Waals surface area contributed by atoms with Gasteiger partial charge in [-0.1, -0.05) is 57.5 Å². The second-order valence-corrected chi connectivity index (χ2v) is 22.9. The van der Waals surface area contributed by atoms with Gasteiger partial charge in [-0.3, -0.25) is 77.3 Å². The van der Waals surface area contributed by atoms with Gasteiger partial charge < -0.3 is 112 Å². The molecular weight excluding hydrogens is 1280 g/mol. The van der Waals surface area contributed by atoms with Crippen molar-refractivity contribution in [1.82, 2.24) is 64.0 Å². The first kappa shape index (κ1) is 85.7. The van der Waals surface area contributed by atoms with Crippen molar-refractivity contribution in [3.8, 4) is 0 Å². The zero-order valence-electron chi connectivity index (χ0n) is 54.5. The third kappa shape index (κ3) is 33.3. The minimum atomic E-state index is -2.00. The molecule has 14 atom stereocenters. The number of carboxylic acid groups (broad SMARTS) is 2. The van der Waals surface area contributed by atoms with E-state index in [1.165, 1.54) is 6.92 Å². The quantitative estimate of drug-likeness (QED) is 0.0164. The van der Waals surface area contributed by atoms with Crippen molar-refractivity contribution in [3.05, 3.63) is 35.9 Å². The van der Waals surface area contributed by atoms with Crippen LogP contribution >= 0.6 is 0 Å². The summed E-state index contributed by atoms with van der Waals surface area (Å²) in [4.78, 5) is 206. The van der Waals surface area contributed by atoms with Crippen LogP contribution in [0.4, 0.5) is 0 Å². The number of hydrogen-bond acceptors (Lipinski definition) is 23. The molecule has 0 aromatic heterocycles. The van der Waals surface area contributed by atoms with Gasteiger partial charge in [0.1, 0.15) is 72.7 Å². The molecule has 26 N–H and O–H groups in total. The SMILES string of the molecule is CC[C@H](C)[C@H](NC(=O)[C@H](CCC(N)=O)NC(=O)C(C)CCCNNC(Cc1ccccc1)C(=O)N[C@@H](CO)C(=O)NC(CCC(=O)O)C(=O)N[C@@H](CO)C(=O)N[C@H](C(=O)N[C@@H](CC(N)=O)C(=O)NC(C=O)CO)[C@@H](C)O)C(=O)N[C@@H](CCCCN)C(=O)NC(CCC(=O)O)C(N)=O. The molecule has 38 heteroatoms. The average Bonchev–Trinajstić information content (AvgIpc) is 0.877. The third-order valence-corrected chi connectivity index (χ3v) is 15.0. The van der Waals surface area contributed by atoms with Gasteiger partial charge in [0.25, 0.3) is 0 Å². The van der Waals surface area contributed by atoms with E-state index >= 15 is 0 Å². The number of aliphatic hydroxyl groups is 4. The summed E-state index contributed by atoms with van der Waals surface area (Å²) in [6.07, 6.45) is -4.03. The number of aldehydes is 1. The summed E-state index contributed by atoms with van der Waals surface area (Å²) in [5.41, 5.74) is 28.0. The third-order valence-electron chi connectivity index (χ3n) is 15.0. The highest BCUT2D eigenvalue weighted by Crippen LogP contribution is 2.14.